The maximum Gasteiger partial charge on any atom is 0.454 e. The Kier molecular flexibility index (Phi) is 4.60. The molecule has 10 heteroatoms. The molecule has 1 heterocycles. The zero-order valence-corrected chi connectivity index (χ0v) is 14.1. The first-order chi connectivity index (χ1) is 13.0. The summed E-state index contributed by atoms with van der Waals surface area (Å²) >= 11 is 0. The third-order valence-electron chi connectivity index (χ3n) is 4.08. The molecule has 28 heavy (non-hydrogen) atoms. The Labute approximate surface area is 153 Å². The number of halogens is 6. The van der Waals surface area contributed by atoms with Crippen molar-refractivity contribution in [2.75, 3.05) is 6.61 Å². The molecule has 1 aromatic heterocycles. The lowest BCUT2D eigenvalue weighted by atomic mass is 9.96. The zero-order chi connectivity index (χ0) is 20.9. The van der Waals surface area contributed by atoms with Gasteiger partial charge in [-0.3, -0.25) is 4.79 Å². The van der Waals surface area contributed by atoms with Crippen LogP contribution in [-0.2, 0) is 10.9 Å². The van der Waals surface area contributed by atoms with E-state index in [2.05, 4.69) is 9.72 Å². The van der Waals surface area contributed by atoms with Crippen LogP contribution in [0.1, 0.15) is 33.3 Å². The largest absolute Gasteiger partial charge is 0.461 e. The number of aromatic nitrogens is 1. The van der Waals surface area contributed by atoms with Crippen LogP contribution in [0.4, 0.5) is 26.3 Å². The van der Waals surface area contributed by atoms with Gasteiger partial charge in [0.15, 0.2) is 0 Å². The number of hydrogen-bond acceptors (Lipinski definition) is 3. The fourth-order valence-electron chi connectivity index (χ4n) is 3.02. The fourth-order valence-corrected chi connectivity index (χ4v) is 3.02. The Balaban J connectivity index is 2.48. The minimum atomic E-state index is -5.28. The lowest BCUT2D eigenvalue weighted by molar-refractivity contribution is -0.136. The molecule has 148 valence electrons. The highest BCUT2D eigenvalue weighted by Gasteiger charge is 2.43. The van der Waals surface area contributed by atoms with Gasteiger partial charge in [0.05, 0.1) is 17.7 Å². The molecular weight excluding hydrogens is 392 g/mol. The summed E-state index contributed by atoms with van der Waals surface area (Å²) in [6.07, 6.45) is -10.4. The van der Waals surface area contributed by atoms with Crippen LogP contribution in [0.15, 0.2) is 30.3 Å². The number of rotatable bonds is 3. The molecule has 0 unspecified atom stereocenters. The number of fused-ring (bicyclic) bond motifs is 3. The molecule has 4 nitrogen and oxygen atoms in total. The van der Waals surface area contributed by atoms with E-state index in [1.165, 1.54) is 31.2 Å². The van der Waals surface area contributed by atoms with Crippen LogP contribution in [-0.4, -0.2) is 29.5 Å². The molecule has 0 aliphatic carbocycles. The van der Waals surface area contributed by atoms with Crippen LogP contribution in [0.5, 0.6) is 0 Å². The minimum absolute atomic E-state index is 0.0614. The summed E-state index contributed by atoms with van der Waals surface area (Å²) in [6, 6.07) is 5.70. The highest BCUT2D eigenvalue weighted by atomic mass is 19.4. The highest BCUT2D eigenvalue weighted by Crippen LogP contribution is 2.42. The predicted octanol–water partition coefficient (Wildman–Crippen LogP) is 5.26. The quantitative estimate of drug-likeness (QED) is 0.369. The van der Waals surface area contributed by atoms with E-state index in [4.69, 9.17) is 0 Å². The fraction of sp³-hybridized carbons (Fsp3) is 0.222. The SMILES string of the molecule is CCOC(=O)c1[nH]c2c(cc(C(=O)C(F)(F)F)c3ccccc32)c1C(F)(F)F. The van der Waals surface area contributed by atoms with E-state index in [0.29, 0.717) is 6.07 Å². The second kappa shape index (κ2) is 6.54. The maximum absolute atomic E-state index is 13.6. The number of ketones is 1. The Hall–Kier alpha value is -3.04. The summed E-state index contributed by atoms with van der Waals surface area (Å²) in [5, 5.41) is -0.974. The lowest BCUT2D eigenvalue weighted by Gasteiger charge is -2.11. The van der Waals surface area contributed by atoms with Gasteiger partial charge in [0, 0.05) is 16.3 Å². The Morgan fingerprint density at radius 3 is 2.14 bits per heavy atom. The van der Waals surface area contributed by atoms with Crippen LogP contribution in [0.25, 0.3) is 21.7 Å². The van der Waals surface area contributed by atoms with Crippen molar-refractivity contribution in [3.8, 4) is 0 Å². The van der Waals surface area contributed by atoms with Gasteiger partial charge in [0.25, 0.3) is 5.78 Å². The number of carbonyl (C=O) groups is 2. The average Bonchev–Trinajstić information content (AvgIpc) is 3.00. The van der Waals surface area contributed by atoms with E-state index in [9.17, 15) is 35.9 Å². The first kappa shape index (κ1) is 19.7. The molecule has 0 aliphatic heterocycles. The number of hydrogen-bond donors (Lipinski definition) is 1. The third kappa shape index (κ3) is 3.19. The van der Waals surface area contributed by atoms with E-state index in [-0.39, 0.29) is 22.9 Å². The van der Waals surface area contributed by atoms with Gasteiger partial charge < -0.3 is 9.72 Å². The van der Waals surface area contributed by atoms with E-state index < -0.39 is 46.3 Å². The molecule has 0 aliphatic rings. The molecule has 0 radical (unpaired) electrons. The van der Waals surface area contributed by atoms with Crippen LogP contribution in [0.2, 0.25) is 0 Å². The third-order valence-corrected chi connectivity index (χ3v) is 4.08. The first-order valence-electron chi connectivity index (χ1n) is 7.90. The second-order valence-electron chi connectivity index (χ2n) is 5.81. The molecule has 2 aromatic carbocycles. The van der Waals surface area contributed by atoms with Crippen molar-refractivity contribution in [1.29, 1.82) is 0 Å². The van der Waals surface area contributed by atoms with Crippen LogP contribution < -0.4 is 0 Å². The minimum Gasteiger partial charge on any atom is -0.461 e. The van der Waals surface area contributed by atoms with Gasteiger partial charge in [-0.2, -0.15) is 26.3 Å². The summed E-state index contributed by atoms with van der Waals surface area (Å²) in [7, 11) is 0. The number of carbonyl (C=O) groups excluding carboxylic acids is 2. The van der Waals surface area contributed by atoms with E-state index in [1.54, 1.807) is 0 Å². The van der Waals surface area contributed by atoms with Crippen LogP contribution in [0, 0.1) is 0 Å². The average molecular weight is 403 g/mol. The van der Waals surface area contributed by atoms with Crippen LogP contribution in [0.3, 0.4) is 0 Å². The molecule has 0 bridgehead atoms. The number of aromatic amines is 1. The van der Waals surface area contributed by atoms with Crippen molar-refractivity contribution in [3.05, 3.63) is 47.2 Å². The van der Waals surface area contributed by atoms with Crippen molar-refractivity contribution in [2.45, 2.75) is 19.3 Å². The Bertz CT molecular complexity index is 1090. The normalized spacial score (nSPS) is 12.5. The Morgan fingerprint density at radius 2 is 1.61 bits per heavy atom. The molecule has 0 amide bonds. The molecule has 3 aromatic rings. The van der Waals surface area contributed by atoms with Gasteiger partial charge in [0.2, 0.25) is 0 Å². The summed E-state index contributed by atoms with van der Waals surface area (Å²) in [6.45, 7) is 1.19. The van der Waals surface area contributed by atoms with Gasteiger partial charge in [-0.15, -0.1) is 0 Å². The number of H-pyrrole nitrogens is 1. The molecular formula is C18H11F6NO3. The van der Waals surface area contributed by atoms with Gasteiger partial charge in [0.1, 0.15) is 5.69 Å². The summed E-state index contributed by atoms with van der Waals surface area (Å²) in [4.78, 5) is 26.1. The molecule has 3 rings (SSSR count). The smallest absolute Gasteiger partial charge is 0.454 e. The summed E-state index contributed by atoms with van der Waals surface area (Å²) < 4.78 is 84.5. The molecule has 0 spiro atoms. The second-order valence-corrected chi connectivity index (χ2v) is 5.81. The van der Waals surface area contributed by atoms with Gasteiger partial charge in [-0.05, 0) is 18.4 Å². The van der Waals surface area contributed by atoms with Crippen molar-refractivity contribution in [3.63, 3.8) is 0 Å². The summed E-state index contributed by atoms with van der Waals surface area (Å²) in [5.41, 5.74) is -3.57. The van der Waals surface area contributed by atoms with Gasteiger partial charge in [-0.1, -0.05) is 24.3 Å². The zero-order valence-electron chi connectivity index (χ0n) is 14.1. The van der Waals surface area contributed by atoms with E-state index in [0.717, 1.165) is 0 Å². The number of esters is 1. The lowest BCUT2D eigenvalue weighted by Crippen LogP contribution is -2.23. The molecule has 0 saturated heterocycles. The number of Topliss-reactive ketones (excluding diaryl/α,β-unsaturated/α-hetero) is 1. The molecule has 0 saturated carbocycles. The number of benzene rings is 2. The molecule has 0 atom stereocenters. The topological polar surface area (TPSA) is 59.2 Å². The monoisotopic (exact) mass is 403 g/mol. The maximum atomic E-state index is 13.6. The van der Waals surface area contributed by atoms with Gasteiger partial charge >= 0.3 is 18.3 Å². The van der Waals surface area contributed by atoms with Crippen LogP contribution >= 0.6 is 0 Å². The highest BCUT2D eigenvalue weighted by molar-refractivity contribution is 6.19. The van der Waals surface area contributed by atoms with Crippen molar-refractivity contribution in [2.24, 2.45) is 0 Å². The Morgan fingerprint density at radius 1 is 1.00 bits per heavy atom. The summed E-state index contributed by atoms with van der Waals surface area (Å²) in [5.74, 6) is -3.59. The number of alkyl halides is 6. The number of nitrogens with one attached hydrogen (secondary N) is 1. The standard InChI is InChI=1S/C18H11F6NO3/c1-2-28-16(27)14-12(17(19,20)21)11-7-10(15(26)18(22,23)24)8-5-3-4-6-9(8)13(11)25-14/h3-7,25H,2H2,1H3. The van der Waals surface area contributed by atoms with Crippen molar-refractivity contribution < 1.29 is 40.7 Å². The van der Waals surface area contributed by atoms with Gasteiger partial charge in [-0.25, -0.2) is 4.79 Å². The number of ether oxygens (including phenoxy) is 1. The van der Waals surface area contributed by atoms with E-state index in [1.807, 2.05) is 0 Å². The molecule has 0 fully saturated rings. The van der Waals surface area contributed by atoms with Crippen molar-refractivity contribution in [1.82, 2.24) is 4.98 Å². The molecule has 1 N–H and O–H groups in total. The predicted molar refractivity (Wildman–Crippen MR) is 87.1 cm³/mol. The van der Waals surface area contributed by atoms with Crippen molar-refractivity contribution >= 4 is 33.4 Å². The van der Waals surface area contributed by atoms with E-state index >= 15 is 0 Å². The first-order valence-corrected chi connectivity index (χ1v) is 7.90.